The number of benzene rings is 1. The Morgan fingerprint density at radius 3 is 2.46 bits per heavy atom. The SMILES string of the molecule is Cc1ccc(CNC(=O)[C@@H](N)CCCCN(C)C(=O)C(C#N)=CC(C)C)cc1. The summed E-state index contributed by atoms with van der Waals surface area (Å²) >= 11 is 0. The second kappa shape index (κ2) is 11.9. The number of nitrogens with one attached hydrogen (secondary N) is 1. The van der Waals surface area contributed by atoms with E-state index in [2.05, 4.69) is 5.32 Å². The second-order valence-electron chi connectivity index (χ2n) is 7.47. The van der Waals surface area contributed by atoms with Gasteiger partial charge in [-0.1, -0.05) is 49.8 Å². The van der Waals surface area contributed by atoms with Crippen molar-refractivity contribution in [3.63, 3.8) is 0 Å². The van der Waals surface area contributed by atoms with Gasteiger partial charge in [-0.2, -0.15) is 5.26 Å². The van der Waals surface area contributed by atoms with Crippen molar-refractivity contribution in [2.24, 2.45) is 11.7 Å². The summed E-state index contributed by atoms with van der Waals surface area (Å²) in [6.07, 6.45) is 3.68. The number of carbonyl (C=O) groups is 2. The number of amides is 2. The number of hydrogen-bond donors (Lipinski definition) is 2. The molecule has 0 aliphatic rings. The lowest BCUT2D eigenvalue weighted by molar-refractivity contribution is -0.126. The van der Waals surface area contributed by atoms with Crippen LogP contribution in [0, 0.1) is 24.2 Å². The molecule has 0 saturated heterocycles. The van der Waals surface area contributed by atoms with Crippen molar-refractivity contribution in [3.8, 4) is 6.07 Å². The van der Waals surface area contributed by atoms with Gasteiger partial charge < -0.3 is 16.0 Å². The largest absolute Gasteiger partial charge is 0.351 e. The van der Waals surface area contributed by atoms with Gasteiger partial charge in [-0.3, -0.25) is 9.59 Å². The summed E-state index contributed by atoms with van der Waals surface area (Å²) in [6, 6.07) is 9.38. The quantitative estimate of drug-likeness (QED) is 0.368. The molecule has 0 aliphatic heterocycles. The first-order chi connectivity index (χ1) is 13.2. The lowest BCUT2D eigenvalue weighted by Gasteiger charge is -2.17. The van der Waals surface area contributed by atoms with Gasteiger partial charge in [0.05, 0.1) is 6.04 Å². The van der Waals surface area contributed by atoms with Gasteiger partial charge in [0, 0.05) is 20.1 Å². The Morgan fingerprint density at radius 1 is 1.25 bits per heavy atom. The zero-order chi connectivity index (χ0) is 21.1. The highest BCUT2D eigenvalue weighted by atomic mass is 16.2. The van der Waals surface area contributed by atoms with Crippen LogP contribution < -0.4 is 11.1 Å². The van der Waals surface area contributed by atoms with Crippen molar-refractivity contribution in [1.29, 1.82) is 5.26 Å². The number of allylic oxidation sites excluding steroid dienone is 1. The highest BCUT2D eigenvalue weighted by Gasteiger charge is 2.16. The first-order valence-corrected chi connectivity index (χ1v) is 9.70. The third-order valence-corrected chi connectivity index (χ3v) is 4.38. The maximum atomic E-state index is 12.2. The molecule has 28 heavy (non-hydrogen) atoms. The molecule has 0 bridgehead atoms. The van der Waals surface area contributed by atoms with Crippen LogP contribution in [0.1, 0.15) is 44.2 Å². The van der Waals surface area contributed by atoms with Crippen LogP contribution in [0.15, 0.2) is 35.9 Å². The van der Waals surface area contributed by atoms with Gasteiger partial charge in [0.25, 0.3) is 5.91 Å². The fraction of sp³-hybridized carbons (Fsp3) is 0.500. The first-order valence-electron chi connectivity index (χ1n) is 9.70. The molecule has 0 radical (unpaired) electrons. The number of nitriles is 1. The van der Waals surface area contributed by atoms with Crippen molar-refractivity contribution in [2.45, 2.75) is 52.6 Å². The van der Waals surface area contributed by atoms with E-state index in [9.17, 15) is 9.59 Å². The molecular formula is C22H32N4O2. The van der Waals surface area contributed by atoms with Crippen molar-refractivity contribution in [3.05, 3.63) is 47.0 Å². The summed E-state index contributed by atoms with van der Waals surface area (Å²) in [5, 5.41) is 12.0. The van der Waals surface area contributed by atoms with Gasteiger partial charge in [-0.25, -0.2) is 0 Å². The number of likely N-dealkylation sites (N-methyl/N-ethyl adjacent to an activating group) is 1. The van der Waals surface area contributed by atoms with Gasteiger partial charge >= 0.3 is 0 Å². The molecule has 152 valence electrons. The minimum absolute atomic E-state index is 0.142. The number of rotatable bonds is 10. The van der Waals surface area contributed by atoms with E-state index >= 15 is 0 Å². The topological polar surface area (TPSA) is 99.2 Å². The van der Waals surface area contributed by atoms with Gasteiger partial charge in [0.2, 0.25) is 5.91 Å². The smallest absolute Gasteiger partial charge is 0.263 e. The van der Waals surface area contributed by atoms with Gasteiger partial charge in [0.15, 0.2) is 0 Å². The van der Waals surface area contributed by atoms with Gasteiger partial charge in [-0.15, -0.1) is 0 Å². The van der Waals surface area contributed by atoms with E-state index < -0.39 is 6.04 Å². The summed E-state index contributed by atoms with van der Waals surface area (Å²) in [5.74, 6) is -0.295. The number of unbranched alkanes of at least 4 members (excludes halogenated alkanes) is 1. The highest BCUT2D eigenvalue weighted by Crippen LogP contribution is 2.08. The fourth-order valence-electron chi connectivity index (χ4n) is 2.67. The van der Waals surface area contributed by atoms with Crippen LogP contribution >= 0.6 is 0 Å². The molecule has 1 atom stereocenters. The molecule has 1 rings (SSSR count). The Morgan fingerprint density at radius 2 is 1.89 bits per heavy atom. The number of nitrogens with zero attached hydrogens (tertiary/aromatic N) is 2. The first kappa shape index (κ1) is 23.4. The van der Waals surface area contributed by atoms with E-state index in [1.807, 2.05) is 51.1 Å². The number of aryl methyl sites for hydroxylation is 1. The average molecular weight is 385 g/mol. The predicted octanol–water partition coefficient (Wildman–Crippen LogP) is 2.67. The molecule has 6 nitrogen and oxygen atoms in total. The van der Waals surface area contributed by atoms with E-state index in [4.69, 9.17) is 11.0 Å². The van der Waals surface area contributed by atoms with Crippen LogP contribution in [0.2, 0.25) is 0 Å². The average Bonchev–Trinajstić information content (AvgIpc) is 2.67. The molecule has 1 aromatic rings. The van der Waals surface area contributed by atoms with E-state index in [0.29, 0.717) is 19.5 Å². The summed E-state index contributed by atoms with van der Waals surface area (Å²) in [7, 11) is 1.68. The lowest BCUT2D eigenvalue weighted by Crippen LogP contribution is -2.40. The number of nitrogens with two attached hydrogens (primary N) is 1. The lowest BCUT2D eigenvalue weighted by atomic mass is 10.1. The molecule has 0 aromatic heterocycles. The standard InChI is InChI=1S/C22H32N4O2/c1-16(2)13-19(14-23)22(28)26(4)12-6-5-7-20(24)21(27)25-15-18-10-8-17(3)9-11-18/h8-11,13,16,20H,5-7,12,15,24H2,1-4H3,(H,25,27)/t20-/m0/s1. The van der Waals surface area contributed by atoms with Crippen molar-refractivity contribution < 1.29 is 9.59 Å². The number of hydrogen-bond acceptors (Lipinski definition) is 4. The maximum Gasteiger partial charge on any atom is 0.263 e. The van der Waals surface area contributed by atoms with Gasteiger partial charge in [-0.05, 0) is 37.7 Å². The Bertz CT molecular complexity index is 717. The molecule has 2 amide bonds. The fourth-order valence-corrected chi connectivity index (χ4v) is 2.67. The Balaban J connectivity index is 2.32. The molecule has 0 saturated carbocycles. The second-order valence-corrected chi connectivity index (χ2v) is 7.47. The maximum absolute atomic E-state index is 12.2. The normalized spacial score (nSPS) is 12.4. The zero-order valence-electron chi connectivity index (χ0n) is 17.4. The van der Waals surface area contributed by atoms with Crippen molar-refractivity contribution in [2.75, 3.05) is 13.6 Å². The molecule has 6 heteroatoms. The van der Waals surface area contributed by atoms with Crippen LogP contribution in [0.3, 0.4) is 0 Å². The highest BCUT2D eigenvalue weighted by molar-refractivity contribution is 5.97. The molecule has 3 N–H and O–H groups in total. The monoisotopic (exact) mass is 384 g/mol. The molecule has 0 heterocycles. The Hall–Kier alpha value is -2.65. The predicted molar refractivity (Wildman–Crippen MR) is 111 cm³/mol. The Kier molecular flexibility index (Phi) is 9.97. The molecule has 0 spiro atoms. The third kappa shape index (κ3) is 8.36. The molecule has 0 unspecified atom stereocenters. The Labute approximate surface area is 168 Å². The summed E-state index contributed by atoms with van der Waals surface area (Å²) in [6.45, 7) is 6.85. The molecular weight excluding hydrogens is 352 g/mol. The minimum atomic E-state index is -0.568. The van der Waals surface area contributed by atoms with Crippen LogP contribution in [-0.4, -0.2) is 36.3 Å². The van der Waals surface area contributed by atoms with E-state index in [0.717, 1.165) is 18.4 Å². The molecule has 1 aromatic carbocycles. The number of carbonyl (C=O) groups excluding carboxylic acids is 2. The van der Waals surface area contributed by atoms with Crippen LogP contribution in [0.5, 0.6) is 0 Å². The van der Waals surface area contributed by atoms with Crippen LogP contribution in [0.4, 0.5) is 0 Å². The summed E-state index contributed by atoms with van der Waals surface area (Å²) in [4.78, 5) is 25.9. The van der Waals surface area contributed by atoms with Crippen LogP contribution in [-0.2, 0) is 16.1 Å². The third-order valence-electron chi connectivity index (χ3n) is 4.38. The van der Waals surface area contributed by atoms with Gasteiger partial charge in [0.1, 0.15) is 11.6 Å². The minimum Gasteiger partial charge on any atom is -0.351 e. The summed E-state index contributed by atoms with van der Waals surface area (Å²) in [5.41, 5.74) is 8.35. The van der Waals surface area contributed by atoms with E-state index in [1.54, 1.807) is 18.0 Å². The van der Waals surface area contributed by atoms with E-state index in [-0.39, 0.29) is 23.3 Å². The van der Waals surface area contributed by atoms with Crippen LogP contribution in [0.25, 0.3) is 0 Å². The van der Waals surface area contributed by atoms with Crippen molar-refractivity contribution in [1.82, 2.24) is 10.2 Å². The summed E-state index contributed by atoms with van der Waals surface area (Å²) < 4.78 is 0. The molecule has 0 aliphatic carbocycles. The molecule has 0 fully saturated rings. The zero-order valence-corrected chi connectivity index (χ0v) is 17.4. The van der Waals surface area contributed by atoms with Crippen molar-refractivity contribution >= 4 is 11.8 Å². The van der Waals surface area contributed by atoms with E-state index in [1.165, 1.54) is 5.56 Å².